The lowest BCUT2D eigenvalue weighted by Gasteiger charge is -2.21. The lowest BCUT2D eigenvalue weighted by atomic mass is 10.2. The zero-order valence-corrected chi connectivity index (χ0v) is 11.8. The van der Waals surface area contributed by atoms with E-state index in [0.717, 1.165) is 24.3 Å². The first-order chi connectivity index (χ1) is 9.08. The number of likely N-dealkylation sites (N-methyl/N-ethyl adjacent to an activating group) is 1. The van der Waals surface area contributed by atoms with Crippen LogP contribution in [0.4, 0.5) is 5.69 Å². The molecule has 0 amide bonds. The number of pyridine rings is 1. The molecule has 5 heteroatoms. The molecule has 0 aliphatic carbocycles. The van der Waals surface area contributed by atoms with Crippen LogP contribution in [0.15, 0.2) is 29.8 Å². The van der Waals surface area contributed by atoms with E-state index >= 15 is 0 Å². The zero-order chi connectivity index (χ0) is 13.8. The summed E-state index contributed by atoms with van der Waals surface area (Å²) in [6, 6.07) is 5.94. The van der Waals surface area contributed by atoms with Crippen molar-refractivity contribution in [1.82, 2.24) is 4.98 Å². The summed E-state index contributed by atoms with van der Waals surface area (Å²) >= 11 is 1.72. The van der Waals surface area contributed by atoms with Gasteiger partial charge in [0.1, 0.15) is 5.56 Å². The molecule has 2 aromatic rings. The van der Waals surface area contributed by atoms with Gasteiger partial charge < -0.3 is 10.0 Å². The van der Waals surface area contributed by atoms with Crippen molar-refractivity contribution in [1.29, 1.82) is 0 Å². The minimum absolute atomic E-state index is 0.249. The van der Waals surface area contributed by atoms with Gasteiger partial charge in [-0.15, -0.1) is 11.3 Å². The molecule has 0 saturated heterocycles. The van der Waals surface area contributed by atoms with E-state index in [0.29, 0.717) is 0 Å². The van der Waals surface area contributed by atoms with Crippen LogP contribution < -0.4 is 4.90 Å². The standard InChI is InChI=1S/C14H16N2O2S/c1-10-8-13(12(9-15-10)14(17)18)16(2)6-5-11-4-3-7-19-11/h3-4,7-9H,5-6H2,1-2H3,(H,17,18). The fraction of sp³-hybridized carbons (Fsp3) is 0.286. The summed E-state index contributed by atoms with van der Waals surface area (Å²) in [7, 11) is 1.91. The lowest BCUT2D eigenvalue weighted by Crippen LogP contribution is -2.22. The minimum atomic E-state index is -0.939. The number of hydrogen-bond acceptors (Lipinski definition) is 4. The van der Waals surface area contributed by atoms with Gasteiger partial charge in [0.25, 0.3) is 0 Å². The molecule has 4 nitrogen and oxygen atoms in total. The average Bonchev–Trinajstić information content (AvgIpc) is 2.88. The smallest absolute Gasteiger partial charge is 0.339 e. The number of carboxylic acids is 1. The highest BCUT2D eigenvalue weighted by Gasteiger charge is 2.14. The summed E-state index contributed by atoms with van der Waals surface area (Å²) < 4.78 is 0. The van der Waals surface area contributed by atoms with Gasteiger partial charge >= 0.3 is 5.97 Å². The first kappa shape index (κ1) is 13.5. The predicted octanol–water partition coefficient (Wildman–Crippen LogP) is 2.83. The van der Waals surface area contributed by atoms with E-state index in [1.165, 1.54) is 11.1 Å². The monoisotopic (exact) mass is 276 g/mol. The molecule has 0 spiro atoms. The Kier molecular flexibility index (Phi) is 4.16. The van der Waals surface area contributed by atoms with Crippen LogP contribution in [0.25, 0.3) is 0 Å². The van der Waals surface area contributed by atoms with Gasteiger partial charge in [-0.05, 0) is 30.9 Å². The van der Waals surface area contributed by atoms with Gasteiger partial charge in [0.15, 0.2) is 0 Å². The maximum Gasteiger partial charge on any atom is 0.339 e. The predicted molar refractivity (Wildman–Crippen MR) is 77.2 cm³/mol. The number of aromatic carboxylic acids is 1. The van der Waals surface area contributed by atoms with Gasteiger partial charge in [0.2, 0.25) is 0 Å². The summed E-state index contributed by atoms with van der Waals surface area (Å²) in [4.78, 5) is 18.5. The molecule has 100 valence electrons. The molecular weight excluding hydrogens is 260 g/mol. The number of aryl methyl sites for hydroxylation is 1. The van der Waals surface area contributed by atoms with Crippen molar-refractivity contribution in [2.24, 2.45) is 0 Å². The first-order valence-electron chi connectivity index (χ1n) is 6.01. The van der Waals surface area contributed by atoms with E-state index < -0.39 is 5.97 Å². The van der Waals surface area contributed by atoms with Crippen LogP contribution in [0.3, 0.4) is 0 Å². The van der Waals surface area contributed by atoms with Crippen molar-refractivity contribution < 1.29 is 9.90 Å². The second kappa shape index (κ2) is 5.84. The topological polar surface area (TPSA) is 53.4 Å². The average molecular weight is 276 g/mol. The molecule has 0 aliphatic rings. The largest absolute Gasteiger partial charge is 0.478 e. The number of carbonyl (C=O) groups is 1. The molecule has 0 saturated carbocycles. The molecular formula is C14H16N2O2S. The molecule has 0 aromatic carbocycles. The highest BCUT2D eigenvalue weighted by atomic mass is 32.1. The Balaban J connectivity index is 2.15. The van der Waals surface area contributed by atoms with E-state index in [2.05, 4.69) is 16.4 Å². The van der Waals surface area contributed by atoms with Crippen molar-refractivity contribution in [3.8, 4) is 0 Å². The summed E-state index contributed by atoms with van der Waals surface area (Å²) in [6.07, 6.45) is 2.34. The molecule has 0 radical (unpaired) electrons. The van der Waals surface area contributed by atoms with Crippen molar-refractivity contribution in [3.05, 3.63) is 45.9 Å². The third-order valence-electron chi connectivity index (χ3n) is 2.93. The third kappa shape index (κ3) is 3.32. The molecule has 1 N–H and O–H groups in total. The highest BCUT2D eigenvalue weighted by molar-refractivity contribution is 7.09. The first-order valence-corrected chi connectivity index (χ1v) is 6.89. The Morgan fingerprint density at radius 2 is 2.32 bits per heavy atom. The van der Waals surface area contributed by atoms with Crippen molar-refractivity contribution in [2.45, 2.75) is 13.3 Å². The van der Waals surface area contributed by atoms with Gasteiger partial charge in [-0.25, -0.2) is 4.79 Å². The SMILES string of the molecule is Cc1cc(N(C)CCc2cccs2)c(C(=O)O)cn1. The van der Waals surface area contributed by atoms with E-state index in [1.807, 2.05) is 31.0 Å². The Morgan fingerprint density at radius 3 is 2.95 bits per heavy atom. The summed E-state index contributed by atoms with van der Waals surface area (Å²) in [5.74, 6) is -0.939. The quantitative estimate of drug-likeness (QED) is 0.912. The Bertz CT molecular complexity index is 567. The number of carboxylic acid groups (broad SMARTS) is 1. The van der Waals surface area contributed by atoms with Gasteiger partial charge in [0, 0.05) is 30.4 Å². The van der Waals surface area contributed by atoms with Gasteiger partial charge in [-0.3, -0.25) is 4.98 Å². The molecule has 0 unspecified atom stereocenters. The molecule has 0 bridgehead atoms. The maximum absolute atomic E-state index is 11.2. The van der Waals surface area contributed by atoms with Crippen LogP contribution in [-0.2, 0) is 6.42 Å². The van der Waals surface area contributed by atoms with Crippen LogP contribution in [0, 0.1) is 6.92 Å². The van der Waals surface area contributed by atoms with Gasteiger partial charge in [0.05, 0.1) is 5.69 Å². The maximum atomic E-state index is 11.2. The number of aromatic nitrogens is 1. The summed E-state index contributed by atoms with van der Waals surface area (Å²) in [6.45, 7) is 2.65. The molecule has 19 heavy (non-hydrogen) atoms. The van der Waals surface area contributed by atoms with Crippen LogP contribution in [0.2, 0.25) is 0 Å². The van der Waals surface area contributed by atoms with Crippen molar-refractivity contribution >= 4 is 23.0 Å². The fourth-order valence-corrected chi connectivity index (χ4v) is 2.58. The number of rotatable bonds is 5. The molecule has 0 aliphatic heterocycles. The Morgan fingerprint density at radius 1 is 1.53 bits per heavy atom. The number of hydrogen-bond donors (Lipinski definition) is 1. The molecule has 2 heterocycles. The van der Waals surface area contributed by atoms with Crippen LogP contribution in [-0.4, -0.2) is 29.7 Å². The summed E-state index contributed by atoms with van der Waals surface area (Å²) in [5.41, 5.74) is 1.79. The second-order valence-electron chi connectivity index (χ2n) is 4.40. The van der Waals surface area contributed by atoms with E-state index in [-0.39, 0.29) is 5.56 Å². The zero-order valence-electron chi connectivity index (χ0n) is 11.0. The number of thiophene rings is 1. The van der Waals surface area contributed by atoms with E-state index in [1.54, 1.807) is 11.3 Å². The van der Waals surface area contributed by atoms with Gasteiger partial charge in [-0.1, -0.05) is 6.07 Å². The fourth-order valence-electron chi connectivity index (χ4n) is 1.88. The molecule has 2 rings (SSSR count). The van der Waals surface area contributed by atoms with Gasteiger partial charge in [-0.2, -0.15) is 0 Å². The second-order valence-corrected chi connectivity index (χ2v) is 5.43. The van der Waals surface area contributed by atoms with Crippen molar-refractivity contribution in [3.63, 3.8) is 0 Å². The van der Waals surface area contributed by atoms with Crippen LogP contribution >= 0.6 is 11.3 Å². The van der Waals surface area contributed by atoms with E-state index in [9.17, 15) is 9.90 Å². The minimum Gasteiger partial charge on any atom is -0.478 e. The number of nitrogens with zero attached hydrogens (tertiary/aromatic N) is 2. The Hall–Kier alpha value is -1.88. The lowest BCUT2D eigenvalue weighted by molar-refractivity contribution is 0.0697. The number of anilines is 1. The summed E-state index contributed by atoms with van der Waals surface area (Å²) in [5, 5.41) is 11.2. The molecule has 0 fully saturated rings. The normalized spacial score (nSPS) is 10.4. The Labute approximate surface area is 116 Å². The van der Waals surface area contributed by atoms with Crippen LogP contribution in [0.1, 0.15) is 20.9 Å². The highest BCUT2D eigenvalue weighted by Crippen LogP contribution is 2.20. The van der Waals surface area contributed by atoms with Crippen LogP contribution in [0.5, 0.6) is 0 Å². The third-order valence-corrected chi connectivity index (χ3v) is 3.87. The molecule has 0 atom stereocenters. The molecule has 2 aromatic heterocycles. The van der Waals surface area contributed by atoms with Crippen molar-refractivity contribution in [2.75, 3.05) is 18.5 Å². The van der Waals surface area contributed by atoms with E-state index in [4.69, 9.17) is 0 Å².